The van der Waals surface area contributed by atoms with E-state index >= 15 is 0 Å². The minimum Gasteiger partial charge on any atom is -0.495 e. The predicted molar refractivity (Wildman–Crippen MR) is 96.2 cm³/mol. The lowest BCUT2D eigenvalue weighted by atomic mass is 10.3. The van der Waals surface area contributed by atoms with E-state index in [0.717, 1.165) is 42.5 Å². The van der Waals surface area contributed by atoms with Gasteiger partial charge < -0.3 is 15.0 Å². The fourth-order valence-electron chi connectivity index (χ4n) is 2.17. The summed E-state index contributed by atoms with van der Waals surface area (Å²) < 4.78 is 5.17. The molecule has 1 aromatic carbocycles. The number of halogens is 1. The van der Waals surface area contributed by atoms with Gasteiger partial charge in [-0.1, -0.05) is 24.9 Å². The number of aromatic nitrogens is 2. The quantitative estimate of drug-likeness (QED) is 0.811. The van der Waals surface area contributed by atoms with Gasteiger partial charge in [0.2, 0.25) is 5.95 Å². The molecule has 1 heterocycles. The van der Waals surface area contributed by atoms with Crippen LogP contribution in [0.3, 0.4) is 0 Å². The molecule has 2 aromatic rings. The molecule has 0 unspecified atom stereocenters. The molecule has 0 fully saturated rings. The first-order valence-corrected chi connectivity index (χ1v) is 8.08. The van der Waals surface area contributed by atoms with Gasteiger partial charge in [-0.2, -0.15) is 4.98 Å². The number of methoxy groups -OCH3 is 1. The summed E-state index contributed by atoms with van der Waals surface area (Å²) in [6.07, 6.45) is 2.26. The van der Waals surface area contributed by atoms with Crippen molar-refractivity contribution in [1.29, 1.82) is 0 Å². The minimum absolute atomic E-state index is 0.559. The van der Waals surface area contributed by atoms with Crippen LogP contribution in [-0.2, 0) is 0 Å². The number of benzene rings is 1. The highest BCUT2D eigenvalue weighted by Crippen LogP contribution is 2.28. The summed E-state index contributed by atoms with van der Waals surface area (Å²) in [7, 11) is 3.61. The van der Waals surface area contributed by atoms with E-state index in [2.05, 4.69) is 27.1 Å². The number of nitrogens with one attached hydrogen (secondary N) is 1. The summed E-state index contributed by atoms with van der Waals surface area (Å²) in [6, 6.07) is 7.46. The molecule has 0 atom stereocenters. The number of rotatable bonds is 7. The Bertz CT molecular complexity index is 663. The maximum atomic E-state index is 6.16. The molecular formula is C17H23ClN4O. The predicted octanol–water partition coefficient (Wildman–Crippen LogP) is 4.43. The van der Waals surface area contributed by atoms with Gasteiger partial charge in [-0.25, -0.2) is 4.98 Å². The molecule has 23 heavy (non-hydrogen) atoms. The number of nitrogens with zero attached hydrogens (tertiary/aromatic N) is 3. The van der Waals surface area contributed by atoms with Crippen molar-refractivity contribution in [2.24, 2.45) is 0 Å². The van der Waals surface area contributed by atoms with Gasteiger partial charge in [0.05, 0.1) is 12.1 Å². The van der Waals surface area contributed by atoms with E-state index in [4.69, 9.17) is 16.3 Å². The monoisotopic (exact) mass is 334 g/mol. The van der Waals surface area contributed by atoms with Crippen LogP contribution in [0.2, 0.25) is 5.02 Å². The van der Waals surface area contributed by atoms with Crippen LogP contribution in [0.15, 0.2) is 24.3 Å². The van der Waals surface area contributed by atoms with E-state index in [1.54, 1.807) is 7.11 Å². The Kier molecular flexibility index (Phi) is 6.04. The molecule has 0 bridgehead atoms. The topological polar surface area (TPSA) is 50.3 Å². The number of aryl methyl sites for hydroxylation is 1. The van der Waals surface area contributed by atoms with Gasteiger partial charge in [0, 0.05) is 31.0 Å². The molecule has 5 nitrogen and oxygen atoms in total. The van der Waals surface area contributed by atoms with Gasteiger partial charge in [0.25, 0.3) is 0 Å². The Hall–Kier alpha value is -2.01. The fraction of sp³-hybridized carbons (Fsp3) is 0.412. The Morgan fingerprint density at radius 3 is 2.70 bits per heavy atom. The molecule has 0 aliphatic heterocycles. The van der Waals surface area contributed by atoms with Gasteiger partial charge in [-0.15, -0.1) is 0 Å². The minimum atomic E-state index is 0.559. The maximum Gasteiger partial charge on any atom is 0.227 e. The molecule has 0 amide bonds. The van der Waals surface area contributed by atoms with Crippen LogP contribution in [0.5, 0.6) is 5.75 Å². The van der Waals surface area contributed by atoms with Crippen LogP contribution in [0.4, 0.5) is 17.5 Å². The van der Waals surface area contributed by atoms with Crippen LogP contribution in [-0.4, -0.2) is 30.7 Å². The van der Waals surface area contributed by atoms with Crippen LogP contribution in [0.25, 0.3) is 0 Å². The highest BCUT2D eigenvalue weighted by Gasteiger charge is 2.08. The van der Waals surface area contributed by atoms with Crippen molar-refractivity contribution in [3.63, 3.8) is 0 Å². The Morgan fingerprint density at radius 1 is 1.26 bits per heavy atom. The summed E-state index contributed by atoms with van der Waals surface area (Å²) in [6.45, 7) is 5.07. The summed E-state index contributed by atoms with van der Waals surface area (Å²) in [5, 5.41) is 3.83. The third-order valence-corrected chi connectivity index (χ3v) is 3.75. The van der Waals surface area contributed by atoms with Crippen molar-refractivity contribution in [2.45, 2.75) is 26.7 Å². The van der Waals surface area contributed by atoms with E-state index < -0.39 is 0 Å². The molecule has 124 valence electrons. The average molecular weight is 335 g/mol. The van der Waals surface area contributed by atoms with Crippen molar-refractivity contribution < 1.29 is 4.74 Å². The third-order valence-electron chi connectivity index (χ3n) is 3.46. The van der Waals surface area contributed by atoms with E-state index in [1.165, 1.54) is 0 Å². The van der Waals surface area contributed by atoms with Crippen molar-refractivity contribution in [3.8, 4) is 5.75 Å². The second kappa shape index (κ2) is 8.02. The third kappa shape index (κ3) is 4.73. The zero-order valence-corrected chi connectivity index (χ0v) is 14.8. The Morgan fingerprint density at radius 2 is 2.04 bits per heavy atom. The zero-order valence-electron chi connectivity index (χ0n) is 14.1. The van der Waals surface area contributed by atoms with Crippen molar-refractivity contribution in [1.82, 2.24) is 9.97 Å². The molecule has 1 aromatic heterocycles. The first kappa shape index (κ1) is 17.3. The van der Waals surface area contributed by atoms with Crippen molar-refractivity contribution >= 4 is 29.1 Å². The zero-order chi connectivity index (χ0) is 16.8. The number of unbranched alkanes of at least 4 members (excludes halogenated alkanes) is 1. The molecule has 0 spiro atoms. The Labute approximate surface area is 142 Å². The normalized spacial score (nSPS) is 10.5. The lowest BCUT2D eigenvalue weighted by molar-refractivity contribution is 0.415. The fourth-order valence-corrected chi connectivity index (χ4v) is 2.43. The summed E-state index contributed by atoms with van der Waals surface area (Å²) in [5.41, 5.74) is 1.77. The molecule has 0 saturated heterocycles. The van der Waals surface area contributed by atoms with Gasteiger partial charge in [0.15, 0.2) is 0 Å². The van der Waals surface area contributed by atoms with E-state index in [1.807, 2.05) is 38.2 Å². The van der Waals surface area contributed by atoms with Gasteiger partial charge >= 0.3 is 0 Å². The summed E-state index contributed by atoms with van der Waals surface area (Å²) >= 11 is 6.16. The van der Waals surface area contributed by atoms with Gasteiger partial charge in [-0.3, -0.25) is 0 Å². The number of hydrogen-bond acceptors (Lipinski definition) is 5. The maximum absolute atomic E-state index is 6.16. The molecule has 0 aliphatic carbocycles. The lowest BCUT2D eigenvalue weighted by Crippen LogP contribution is -2.21. The SMILES string of the molecule is CCCCN(C)c1nc(C)cc(Nc2ccc(OC)c(Cl)c2)n1. The molecule has 1 N–H and O–H groups in total. The van der Waals surface area contributed by atoms with E-state index in [-0.39, 0.29) is 0 Å². The smallest absolute Gasteiger partial charge is 0.227 e. The summed E-state index contributed by atoms with van der Waals surface area (Å²) in [4.78, 5) is 11.2. The second-order valence-electron chi connectivity index (χ2n) is 5.44. The van der Waals surface area contributed by atoms with Crippen LogP contribution in [0.1, 0.15) is 25.5 Å². The second-order valence-corrected chi connectivity index (χ2v) is 5.85. The average Bonchev–Trinajstić information content (AvgIpc) is 2.52. The largest absolute Gasteiger partial charge is 0.495 e. The van der Waals surface area contributed by atoms with Gasteiger partial charge in [0.1, 0.15) is 11.6 Å². The van der Waals surface area contributed by atoms with Crippen molar-refractivity contribution in [3.05, 3.63) is 35.0 Å². The van der Waals surface area contributed by atoms with E-state index in [9.17, 15) is 0 Å². The lowest BCUT2D eigenvalue weighted by Gasteiger charge is -2.18. The number of ether oxygens (including phenoxy) is 1. The summed E-state index contributed by atoms with van der Waals surface area (Å²) in [5.74, 6) is 2.12. The molecule has 0 radical (unpaired) electrons. The molecule has 2 rings (SSSR count). The van der Waals surface area contributed by atoms with Crippen molar-refractivity contribution in [2.75, 3.05) is 30.9 Å². The van der Waals surface area contributed by atoms with E-state index in [0.29, 0.717) is 10.8 Å². The van der Waals surface area contributed by atoms with Crippen LogP contribution in [0, 0.1) is 6.92 Å². The molecular weight excluding hydrogens is 312 g/mol. The Balaban J connectivity index is 2.19. The molecule has 0 saturated carbocycles. The number of anilines is 3. The first-order valence-electron chi connectivity index (χ1n) is 7.71. The van der Waals surface area contributed by atoms with Crippen LogP contribution >= 0.6 is 11.6 Å². The first-order chi connectivity index (χ1) is 11.0. The van der Waals surface area contributed by atoms with Gasteiger partial charge in [-0.05, 0) is 31.5 Å². The number of hydrogen-bond donors (Lipinski definition) is 1. The highest BCUT2D eigenvalue weighted by atomic mass is 35.5. The standard InChI is InChI=1S/C17H23ClN4O/c1-5-6-9-22(3)17-19-12(2)10-16(21-17)20-13-7-8-15(23-4)14(18)11-13/h7-8,10-11H,5-6,9H2,1-4H3,(H,19,20,21). The highest BCUT2D eigenvalue weighted by molar-refractivity contribution is 6.32. The molecule has 0 aliphatic rings. The van der Waals surface area contributed by atoms with Crippen LogP contribution < -0.4 is 15.0 Å². The molecule has 6 heteroatoms.